The van der Waals surface area contributed by atoms with Gasteiger partial charge in [0.1, 0.15) is 0 Å². The van der Waals surface area contributed by atoms with Gasteiger partial charge in [0.15, 0.2) is 0 Å². The van der Waals surface area contributed by atoms with Crippen molar-refractivity contribution in [3.05, 3.63) is 11.6 Å². The fraction of sp³-hybridized carbons (Fsp3) is 0.800. The molecule has 0 amide bonds. The number of aliphatic hydroxyl groups excluding tert-OH is 1. The molecule has 0 spiro atoms. The molecule has 0 rings (SSSR count). The number of hydrogen-bond acceptors (Lipinski definition) is 2. The molecule has 0 saturated carbocycles. The third-order valence-corrected chi connectivity index (χ3v) is 2.36. The third kappa shape index (κ3) is 3.88. The quantitative estimate of drug-likeness (QED) is 0.643. The Bertz CT molecular complexity index is 148. The Morgan fingerprint density at radius 1 is 1.50 bits per heavy atom. The van der Waals surface area contributed by atoms with Crippen LogP contribution < -0.4 is 0 Å². The minimum absolute atomic E-state index is 0.0906. The molecular formula is C10H20O2. The number of allylic oxidation sites excluding steroid dienone is 1. The molecule has 0 radical (unpaired) electrons. The Kier molecular flexibility index (Phi) is 5.18. The summed E-state index contributed by atoms with van der Waals surface area (Å²) >= 11 is 0. The van der Waals surface area contributed by atoms with E-state index in [1.54, 1.807) is 7.11 Å². The van der Waals surface area contributed by atoms with Gasteiger partial charge in [0.05, 0.1) is 6.61 Å². The van der Waals surface area contributed by atoms with Gasteiger partial charge in [0.2, 0.25) is 0 Å². The monoisotopic (exact) mass is 172 g/mol. The van der Waals surface area contributed by atoms with E-state index in [1.165, 1.54) is 5.57 Å². The van der Waals surface area contributed by atoms with E-state index in [-0.39, 0.29) is 12.0 Å². The molecule has 0 heterocycles. The van der Waals surface area contributed by atoms with Gasteiger partial charge in [-0.1, -0.05) is 25.5 Å². The predicted molar refractivity (Wildman–Crippen MR) is 51.1 cm³/mol. The average molecular weight is 172 g/mol. The molecule has 0 fully saturated rings. The zero-order valence-electron chi connectivity index (χ0n) is 8.55. The fourth-order valence-electron chi connectivity index (χ4n) is 0.961. The first-order valence-electron chi connectivity index (χ1n) is 4.31. The molecule has 0 aliphatic carbocycles. The molecule has 0 atom stereocenters. The summed E-state index contributed by atoms with van der Waals surface area (Å²) in [6.45, 7) is 7.23. The number of hydrogen-bond donors (Lipinski definition) is 1. The van der Waals surface area contributed by atoms with Gasteiger partial charge >= 0.3 is 0 Å². The van der Waals surface area contributed by atoms with Crippen molar-refractivity contribution in [3.8, 4) is 0 Å². The molecule has 1 N–H and O–H groups in total. The molecule has 2 nitrogen and oxygen atoms in total. The molecule has 0 aliphatic rings. The summed E-state index contributed by atoms with van der Waals surface area (Å²) in [6.07, 6.45) is 2.87. The molecule has 72 valence electrons. The number of methoxy groups -OCH3 is 1. The summed E-state index contributed by atoms with van der Waals surface area (Å²) in [6, 6.07) is 0. The van der Waals surface area contributed by atoms with Crippen molar-refractivity contribution >= 4 is 0 Å². The van der Waals surface area contributed by atoms with Crippen molar-refractivity contribution in [2.24, 2.45) is 5.41 Å². The second kappa shape index (κ2) is 5.33. The van der Waals surface area contributed by atoms with E-state index < -0.39 is 0 Å². The first kappa shape index (κ1) is 11.7. The van der Waals surface area contributed by atoms with E-state index >= 15 is 0 Å². The second-order valence-electron chi connectivity index (χ2n) is 3.70. The van der Waals surface area contributed by atoms with Crippen LogP contribution >= 0.6 is 0 Å². The average Bonchev–Trinajstić information content (AvgIpc) is 2.00. The Hall–Kier alpha value is -0.340. The number of aliphatic hydroxyl groups is 1. The first-order chi connectivity index (χ1) is 5.54. The molecule has 0 aromatic rings. The van der Waals surface area contributed by atoms with Crippen LogP contribution in [0.25, 0.3) is 0 Å². The van der Waals surface area contributed by atoms with Gasteiger partial charge in [-0.05, 0) is 18.8 Å². The Morgan fingerprint density at radius 3 is 2.50 bits per heavy atom. The third-order valence-electron chi connectivity index (χ3n) is 2.36. The van der Waals surface area contributed by atoms with Crippen LogP contribution in [0.2, 0.25) is 0 Å². The van der Waals surface area contributed by atoms with Gasteiger partial charge in [-0.2, -0.15) is 0 Å². The van der Waals surface area contributed by atoms with E-state index in [9.17, 15) is 0 Å². The van der Waals surface area contributed by atoms with Gasteiger partial charge in [-0.15, -0.1) is 0 Å². The highest BCUT2D eigenvalue weighted by Gasteiger charge is 2.18. The molecule has 0 aliphatic heterocycles. The van der Waals surface area contributed by atoms with Crippen molar-refractivity contribution in [1.29, 1.82) is 0 Å². The Balaban J connectivity index is 4.12. The van der Waals surface area contributed by atoms with Gasteiger partial charge in [-0.25, -0.2) is 0 Å². The highest BCUT2D eigenvalue weighted by molar-refractivity contribution is 5.08. The summed E-state index contributed by atoms with van der Waals surface area (Å²) in [5, 5.41) is 8.82. The van der Waals surface area contributed by atoms with Crippen molar-refractivity contribution in [1.82, 2.24) is 0 Å². The van der Waals surface area contributed by atoms with Crippen LogP contribution in [0.3, 0.4) is 0 Å². The molecular weight excluding hydrogens is 152 g/mol. The standard InChI is InChI=1S/C10H20O2/c1-9(5-8-12-4)10(2,3)6-7-11/h5,11H,6-8H2,1-4H3/b9-5+. The van der Waals surface area contributed by atoms with E-state index in [1.807, 2.05) is 0 Å². The zero-order chi connectivity index (χ0) is 9.61. The lowest BCUT2D eigenvalue weighted by Crippen LogP contribution is -2.15. The molecule has 0 saturated heterocycles. The maximum absolute atomic E-state index is 8.82. The highest BCUT2D eigenvalue weighted by Crippen LogP contribution is 2.29. The number of rotatable bonds is 5. The molecule has 2 heteroatoms. The first-order valence-corrected chi connectivity index (χ1v) is 4.31. The normalized spacial score (nSPS) is 13.6. The largest absolute Gasteiger partial charge is 0.396 e. The van der Waals surface area contributed by atoms with Crippen LogP contribution in [0.1, 0.15) is 27.2 Å². The fourth-order valence-corrected chi connectivity index (χ4v) is 0.961. The minimum Gasteiger partial charge on any atom is -0.396 e. The second-order valence-corrected chi connectivity index (χ2v) is 3.70. The van der Waals surface area contributed by atoms with Crippen LogP contribution in [0.4, 0.5) is 0 Å². The van der Waals surface area contributed by atoms with Gasteiger partial charge in [0.25, 0.3) is 0 Å². The van der Waals surface area contributed by atoms with Crippen molar-refractivity contribution < 1.29 is 9.84 Å². The highest BCUT2D eigenvalue weighted by atomic mass is 16.5. The lowest BCUT2D eigenvalue weighted by molar-refractivity contribution is 0.222. The summed E-state index contributed by atoms with van der Waals surface area (Å²) < 4.78 is 4.95. The topological polar surface area (TPSA) is 29.5 Å². The molecule has 0 aromatic heterocycles. The van der Waals surface area contributed by atoms with E-state index in [0.29, 0.717) is 6.61 Å². The summed E-state index contributed by atoms with van der Waals surface area (Å²) in [7, 11) is 1.68. The lowest BCUT2D eigenvalue weighted by atomic mass is 9.82. The summed E-state index contributed by atoms with van der Waals surface area (Å²) in [5.74, 6) is 0. The van der Waals surface area contributed by atoms with E-state index in [0.717, 1.165) is 6.42 Å². The zero-order valence-corrected chi connectivity index (χ0v) is 8.55. The molecule has 0 bridgehead atoms. The van der Waals surface area contributed by atoms with Crippen molar-refractivity contribution in [2.75, 3.05) is 20.3 Å². The van der Waals surface area contributed by atoms with Crippen LogP contribution in [0.5, 0.6) is 0 Å². The van der Waals surface area contributed by atoms with Crippen molar-refractivity contribution in [3.63, 3.8) is 0 Å². The predicted octanol–water partition coefficient (Wildman–Crippen LogP) is 1.99. The van der Waals surface area contributed by atoms with E-state index in [2.05, 4.69) is 26.8 Å². The molecule has 12 heavy (non-hydrogen) atoms. The Labute approximate surface area is 75.2 Å². The van der Waals surface area contributed by atoms with Gasteiger partial charge < -0.3 is 9.84 Å². The van der Waals surface area contributed by atoms with Gasteiger partial charge in [-0.3, -0.25) is 0 Å². The van der Waals surface area contributed by atoms with E-state index in [4.69, 9.17) is 9.84 Å². The molecule has 0 aromatic carbocycles. The summed E-state index contributed by atoms with van der Waals surface area (Å²) in [4.78, 5) is 0. The molecule has 0 unspecified atom stereocenters. The van der Waals surface area contributed by atoms with Crippen LogP contribution in [-0.2, 0) is 4.74 Å². The maximum Gasteiger partial charge on any atom is 0.0646 e. The maximum atomic E-state index is 8.82. The lowest BCUT2D eigenvalue weighted by Gasteiger charge is -2.24. The number of ether oxygens (including phenoxy) is 1. The summed E-state index contributed by atoms with van der Waals surface area (Å²) in [5.41, 5.74) is 1.37. The smallest absolute Gasteiger partial charge is 0.0646 e. The Morgan fingerprint density at radius 2 is 2.08 bits per heavy atom. The minimum atomic E-state index is 0.0906. The van der Waals surface area contributed by atoms with Crippen molar-refractivity contribution in [2.45, 2.75) is 27.2 Å². The van der Waals surface area contributed by atoms with Crippen LogP contribution in [0, 0.1) is 5.41 Å². The SMILES string of the molecule is COC/C=C(\C)C(C)(C)CCO. The van der Waals surface area contributed by atoms with Gasteiger partial charge in [0, 0.05) is 13.7 Å². The van der Waals surface area contributed by atoms with Crippen LogP contribution in [-0.4, -0.2) is 25.4 Å². The van der Waals surface area contributed by atoms with Crippen LogP contribution in [0.15, 0.2) is 11.6 Å².